The number of carbonyl (C=O) groups is 3. The molecule has 0 aliphatic heterocycles. The molecule has 0 spiro atoms. The highest BCUT2D eigenvalue weighted by atomic mass is 32.1. The van der Waals surface area contributed by atoms with Gasteiger partial charge in [-0.1, -0.05) is 24.4 Å². The van der Waals surface area contributed by atoms with Gasteiger partial charge in [-0.25, -0.2) is 0 Å². The summed E-state index contributed by atoms with van der Waals surface area (Å²) in [6.07, 6.45) is 0.379. The molecule has 0 aliphatic rings. The van der Waals surface area contributed by atoms with Gasteiger partial charge < -0.3 is 4.90 Å². The van der Waals surface area contributed by atoms with E-state index in [2.05, 4.69) is 24.4 Å². The lowest BCUT2D eigenvalue weighted by Crippen LogP contribution is -2.33. The van der Waals surface area contributed by atoms with Gasteiger partial charge in [0.05, 0.1) is 0 Å². The van der Waals surface area contributed by atoms with Gasteiger partial charge in [0.2, 0.25) is 5.91 Å². The molecule has 0 saturated heterocycles. The molecule has 88 valence electrons. The van der Waals surface area contributed by atoms with Gasteiger partial charge in [-0.05, 0) is 0 Å². The minimum absolute atomic E-state index is 0.172. The van der Waals surface area contributed by atoms with Crippen molar-refractivity contribution < 1.29 is 14.4 Å². The molecule has 16 heavy (non-hydrogen) atoms. The first kappa shape index (κ1) is 15.0. The number of nitrogens with zero attached hydrogens (tertiary/aromatic N) is 1. The second kappa shape index (κ2) is 8.18. The lowest BCUT2D eigenvalue weighted by atomic mass is 10.2. The van der Waals surface area contributed by atoms with Crippen LogP contribution in [0.15, 0.2) is 0 Å². The van der Waals surface area contributed by atoms with E-state index in [0.29, 0.717) is 0 Å². The second-order valence-corrected chi connectivity index (χ2v) is 3.65. The second-order valence-electron chi connectivity index (χ2n) is 3.17. The zero-order chi connectivity index (χ0) is 12.6. The Bertz CT molecular complexity index is 291. The maximum Gasteiger partial charge on any atom is 0.219 e. The number of thiocarbonyl (C=S) groups is 2. The molecule has 0 aromatic heterocycles. The number of hydrogen-bond acceptors (Lipinski definition) is 5. The van der Waals surface area contributed by atoms with Crippen molar-refractivity contribution in [1.29, 1.82) is 0 Å². The Morgan fingerprint density at radius 1 is 1.00 bits per heavy atom. The Morgan fingerprint density at radius 2 is 1.38 bits per heavy atom. The lowest BCUT2D eigenvalue weighted by molar-refractivity contribution is -0.129. The summed E-state index contributed by atoms with van der Waals surface area (Å²) >= 11 is 8.93. The summed E-state index contributed by atoms with van der Waals surface area (Å²) < 4.78 is 0. The number of ketones is 2. The predicted molar refractivity (Wildman–Crippen MR) is 68.8 cm³/mol. The van der Waals surface area contributed by atoms with Gasteiger partial charge in [0.1, 0.15) is 0 Å². The fraction of sp³-hybridized carbons (Fsp3) is 0.500. The van der Waals surface area contributed by atoms with Gasteiger partial charge in [0.15, 0.2) is 11.6 Å². The van der Waals surface area contributed by atoms with Crippen LogP contribution in [0.5, 0.6) is 0 Å². The van der Waals surface area contributed by atoms with Gasteiger partial charge in [-0.2, -0.15) is 0 Å². The van der Waals surface area contributed by atoms with E-state index in [1.165, 1.54) is 11.8 Å². The standard InChI is InChI=1S/C10H13NO3S2/c1-8(12)11(4-2-9(13)6-15)5-3-10(14)7-16/h6-7H,2-5H2,1H3. The van der Waals surface area contributed by atoms with Gasteiger partial charge >= 0.3 is 0 Å². The molecule has 0 aliphatic carbocycles. The van der Waals surface area contributed by atoms with Crippen LogP contribution < -0.4 is 0 Å². The number of carbonyl (C=O) groups excluding carboxylic acids is 3. The Balaban J connectivity index is 4.12. The first-order valence-corrected chi connectivity index (χ1v) is 5.67. The predicted octanol–water partition coefficient (Wildman–Crippen LogP) is 0.753. The molecule has 0 fully saturated rings. The van der Waals surface area contributed by atoms with Crippen LogP contribution in [-0.4, -0.2) is 46.2 Å². The Labute approximate surface area is 105 Å². The van der Waals surface area contributed by atoms with Crippen molar-refractivity contribution in [2.75, 3.05) is 13.1 Å². The fourth-order valence-electron chi connectivity index (χ4n) is 1.03. The molecule has 0 aromatic carbocycles. The fourth-order valence-corrected chi connectivity index (χ4v) is 1.27. The van der Waals surface area contributed by atoms with Crippen molar-refractivity contribution >= 4 is 52.6 Å². The molecule has 1 amide bonds. The summed E-state index contributed by atoms with van der Waals surface area (Å²) in [4.78, 5) is 34.5. The highest BCUT2D eigenvalue weighted by Crippen LogP contribution is 1.96. The Morgan fingerprint density at radius 3 is 1.62 bits per heavy atom. The molecule has 0 heterocycles. The van der Waals surface area contributed by atoms with E-state index in [4.69, 9.17) is 0 Å². The van der Waals surface area contributed by atoms with E-state index >= 15 is 0 Å². The quantitative estimate of drug-likeness (QED) is 0.602. The summed E-state index contributed by atoms with van der Waals surface area (Å²) in [5.41, 5.74) is 0. The van der Waals surface area contributed by atoms with Crippen molar-refractivity contribution in [1.82, 2.24) is 4.90 Å². The Kier molecular flexibility index (Phi) is 7.66. The summed E-state index contributed by atoms with van der Waals surface area (Å²) in [7, 11) is 0. The van der Waals surface area contributed by atoms with Crippen LogP contribution in [0.1, 0.15) is 19.8 Å². The molecular weight excluding hydrogens is 246 g/mol. The summed E-state index contributed by atoms with van der Waals surface area (Å²) in [6.45, 7) is 1.96. The van der Waals surface area contributed by atoms with Crippen LogP contribution in [0.2, 0.25) is 0 Å². The van der Waals surface area contributed by atoms with Crippen LogP contribution in [0, 0.1) is 0 Å². The lowest BCUT2D eigenvalue weighted by Gasteiger charge is -2.19. The van der Waals surface area contributed by atoms with E-state index in [1.807, 2.05) is 0 Å². The van der Waals surface area contributed by atoms with Crippen molar-refractivity contribution in [3.05, 3.63) is 0 Å². The van der Waals surface area contributed by atoms with Crippen LogP contribution in [0.3, 0.4) is 0 Å². The number of hydrogen-bond donors (Lipinski definition) is 0. The van der Waals surface area contributed by atoms with Crippen LogP contribution >= 0.6 is 24.4 Å². The molecular formula is C10H13NO3S2. The average Bonchev–Trinajstić information content (AvgIpc) is 2.27. The molecule has 0 rings (SSSR count). The van der Waals surface area contributed by atoms with E-state index in [1.54, 1.807) is 0 Å². The smallest absolute Gasteiger partial charge is 0.219 e. The third kappa shape index (κ3) is 6.47. The third-order valence-corrected chi connectivity index (χ3v) is 2.49. The highest BCUT2D eigenvalue weighted by molar-refractivity contribution is 7.80. The first-order chi connectivity index (χ1) is 7.51. The maximum atomic E-state index is 11.2. The van der Waals surface area contributed by atoms with Crippen LogP contribution in [0.4, 0.5) is 0 Å². The largest absolute Gasteiger partial charge is 0.342 e. The van der Waals surface area contributed by atoms with Gasteiger partial charge in [-0.3, -0.25) is 14.4 Å². The molecule has 0 atom stereocenters. The molecule has 0 unspecified atom stereocenters. The molecule has 0 radical (unpaired) electrons. The van der Waals surface area contributed by atoms with Crippen LogP contribution in [0.25, 0.3) is 0 Å². The summed E-state index contributed by atoms with van der Waals surface area (Å²) in [6, 6.07) is 0. The van der Waals surface area contributed by atoms with Crippen molar-refractivity contribution in [2.24, 2.45) is 0 Å². The highest BCUT2D eigenvalue weighted by Gasteiger charge is 2.11. The molecule has 6 heteroatoms. The van der Waals surface area contributed by atoms with Gasteiger partial charge in [0.25, 0.3) is 0 Å². The van der Waals surface area contributed by atoms with Gasteiger partial charge in [-0.15, -0.1) is 0 Å². The number of amides is 1. The van der Waals surface area contributed by atoms with Gasteiger partial charge in [0, 0.05) is 43.6 Å². The van der Waals surface area contributed by atoms with E-state index in [9.17, 15) is 14.4 Å². The zero-order valence-electron chi connectivity index (χ0n) is 8.97. The molecule has 4 nitrogen and oxygen atoms in total. The molecule has 0 aromatic rings. The van der Waals surface area contributed by atoms with E-state index in [0.717, 1.165) is 10.7 Å². The topological polar surface area (TPSA) is 54.5 Å². The third-order valence-electron chi connectivity index (χ3n) is 1.96. The number of Topliss-reactive ketones (excluding diaryl/α,β-unsaturated/α-hetero) is 2. The normalized spacial score (nSPS) is 9.31. The summed E-state index contributed by atoms with van der Waals surface area (Å²) in [5.74, 6) is -0.556. The Hall–Kier alpha value is -1.01. The first-order valence-electron chi connectivity index (χ1n) is 4.72. The average molecular weight is 259 g/mol. The minimum atomic E-state index is -0.192. The number of rotatable bonds is 8. The van der Waals surface area contributed by atoms with Crippen LogP contribution in [-0.2, 0) is 14.4 Å². The van der Waals surface area contributed by atoms with Crippen molar-refractivity contribution in [3.63, 3.8) is 0 Å². The zero-order valence-corrected chi connectivity index (χ0v) is 10.6. The monoisotopic (exact) mass is 259 g/mol. The molecule has 0 bridgehead atoms. The minimum Gasteiger partial charge on any atom is -0.342 e. The SMILES string of the molecule is CC(=O)N(CCC(=O)C=S)CCC(=O)C=S. The van der Waals surface area contributed by atoms with Crippen molar-refractivity contribution in [3.8, 4) is 0 Å². The molecule has 0 saturated carbocycles. The van der Waals surface area contributed by atoms with E-state index < -0.39 is 0 Å². The van der Waals surface area contributed by atoms with Crippen molar-refractivity contribution in [2.45, 2.75) is 19.8 Å². The molecule has 0 N–H and O–H groups in total. The maximum absolute atomic E-state index is 11.2. The summed E-state index contributed by atoms with van der Waals surface area (Å²) in [5, 5.41) is 2.11. The van der Waals surface area contributed by atoms with E-state index in [-0.39, 0.29) is 43.4 Å².